The van der Waals surface area contributed by atoms with Crippen LogP contribution in [-0.2, 0) is 21.9 Å². The molecule has 1 amide bonds. The molecule has 1 aliphatic rings. The minimum atomic E-state index is -3.73. The van der Waals surface area contributed by atoms with Crippen molar-refractivity contribution in [1.82, 2.24) is 14.8 Å². The summed E-state index contributed by atoms with van der Waals surface area (Å²) in [4.78, 5) is 16.8. The molecule has 0 radical (unpaired) electrons. The highest BCUT2D eigenvalue weighted by atomic mass is 32.2. The average molecular weight is 260 g/mol. The van der Waals surface area contributed by atoms with Crippen LogP contribution in [0.3, 0.4) is 0 Å². The lowest BCUT2D eigenvalue weighted by molar-refractivity contribution is -0.117. The number of nitrogens with two attached hydrogens (primary N) is 2. The van der Waals surface area contributed by atoms with Crippen LogP contribution in [0.2, 0.25) is 0 Å². The third-order valence-electron chi connectivity index (χ3n) is 2.55. The number of carbonyl (C=O) groups is 1. The molecule has 4 N–H and O–H groups in total. The first-order valence-corrected chi connectivity index (χ1v) is 6.38. The molecule has 1 fully saturated rings. The van der Waals surface area contributed by atoms with Gasteiger partial charge in [-0.1, -0.05) is 0 Å². The molecule has 2 heterocycles. The second-order valence-electron chi connectivity index (χ2n) is 3.81. The molecule has 0 saturated carbocycles. The van der Waals surface area contributed by atoms with E-state index in [0.29, 0.717) is 0 Å². The van der Waals surface area contributed by atoms with Gasteiger partial charge in [0.15, 0.2) is 0 Å². The molecular weight excluding hydrogens is 248 g/mol. The number of sulfonamides is 1. The SMILES string of the molecule is Cn1nc(N)nc1N1CC(S(N)(=O)=O)CC1=O. The van der Waals surface area contributed by atoms with Gasteiger partial charge in [0.25, 0.3) is 0 Å². The first kappa shape index (κ1) is 11.8. The Balaban J connectivity index is 2.31. The number of amides is 1. The molecular formula is C7H12N6O3S. The molecule has 2 rings (SSSR count). The third-order valence-corrected chi connectivity index (χ3v) is 3.80. The Kier molecular flexibility index (Phi) is 2.54. The summed E-state index contributed by atoms with van der Waals surface area (Å²) in [5.74, 6) is -0.118. The van der Waals surface area contributed by atoms with Gasteiger partial charge in [-0.15, -0.1) is 5.10 Å². The maximum absolute atomic E-state index is 11.7. The van der Waals surface area contributed by atoms with Crippen LogP contribution in [0.1, 0.15) is 6.42 Å². The lowest BCUT2D eigenvalue weighted by Gasteiger charge is -2.13. The fraction of sp³-hybridized carbons (Fsp3) is 0.571. The van der Waals surface area contributed by atoms with Gasteiger partial charge in [-0.3, -0.25) is 9.69 Å². The van der Waals surface area contributed by atoms with E-state index in [1.807, 2.05) is 0 Å². The summed E-state index contributed by atoms with van der Waals surface area (Å²) in [7, 11) is -2.17. The van der Waals surface area contributed by atoms with E-state index in [4.69, 9.17) is 10.9 Å². The molecule has 94 valence electrons. The molecule has 1 aromatic rings. The summed E-state index contributed by atoms with van der Waals surface area (Å²) in [6.07, 6.45) is -0.147. The molecule has 1 saturated heterocycles. The Labute approximate surface area is 97.4 Å². The largest absolute Gasteiger partial charge is 0.366 e. The fourth-order valence-electron chi connectivity index (χ4n) is 1.72. The molecule has 10 heteroatoms. The topological polar surface area (TPSA) is 137 Å². The minimum absolute atomic E-state index is 0.0226. The third kappa shape index (κ3) is 2.08. The summed E-state index contributed by atoms with van der Waals surface area (Å²) >= 11 is 0. The predicted octanol–water partition coefficient (Wildman–Crippen LogP) is -2.21. The van der Waals surface area contributed by atoms with Gasteiger partial charge in [0.2, 0.25) is 27.8 Å². The molecule has 17 heavy (non-hydrogen) atoms. The highest BCUT2D eigenvalue weighted by Crippen LogP contribution is 2.22. The number of carbonyl (C=O) groups excluding carboxylic acids is 1. The van der Waals surface area contributed by atoms with Crippen molar-refractivity contribution in [1.29, 1.82) is 0 Å². The van der Waals surface area contributed by atoms with Crippen molar-refractivity contribution < 1.29 is 13.2 Å². The Morgan fingerprint density at radius 3 is 2.53 bits per heavy atom. The van der Waals surface area contributed by atoms with E-state index in [1.54, 1.807) is 7.05 Å². The standard InChI is InChI=1S/C7H12N6O3S/c1-12-7(10-6(8)11-12)13-3-4(2-5(13)14)17(9,15)16/h4H,2-3H2,1H3,(H2,8,11)(H2,9,15,16). The number of hydrogen-bond donors (Lipinski definition) is 2. The summed E-state index contributed by atoms with van der Waals surface area (Å²) in [6.45, 7) is -0.0242. The van der Waals surface area contributed by atoms with Crippen molar-refractivity contribution in [2.45, 2.75) is 11.7 Å². The second-order valence-corrected chi connectivity index (χ2v) is 5.66. The van der Waals surface area contributed by atoms with E-state index in [1.165, 1.54) is 9.58 Å². The van der Waals surface area contributed by atoms with Crippen LogP contribution in [0, 0.1) is 0 Å². The maximum Gasteiger partial charge on any atom is 0.241 e. The molecule has 1 aliphatic heterocycles. The number of nitrogen functional groups attached to an aromatic ring is 1. The van der Waals surface area contributed by atoms with Gasteiger partial charge in [-0.2, -0.15) is 4.98 Å². The van der Waals surface area contributed by atoms with Crippen molar-refractivity contribution in [2.24, 2.45) is 12.2 Å². The molecule has 1 unspecified atom stereocenters. The zero-order chi connectivity index (χ0) is 12.8. The number of anilines is 2. The fourth-order valence-corrected chi connectivity index (χ4v) is 2.45. The number of nitrogens with zero attached hydrogens (tertiary/aromatic N) is 4. The number of hydrogen-bond acceptors (Lipinski definition) is 6. The minimum Gasteiger partial charge on any atom is -0.366 e. The maximum atomic E-state index is 11.7. The molecule has 0 aromatic carbocycles. The van der Waals surface area contributed by atoms with Gasteiger partial charge in [0, 0.05) is 20.0 Å². The quantitative estimate of drug-likeness (QED) is 0.618. The van der Waals surface area contributed by atoms with Gasteiger partial charge in [-0.05, 0) is 0 Å². The summed E-state index contributed by atoms with van der Waals surface area (Å²) in [6, 6.07) is 0. The van der Waals surface area contributed by atoms with Crippen LogP contribution < -0.4 is 15.8 Å². The summed E-state index contributed by atoms with van der Waals surface area (Å²) in [5, 5.41) is 7.89. The van der Waals surface area contributed by atoms with Gasteiger partial charge < -0.3 is 5.73 Å². The number of primary sulfonamides is 1. The lowest BCUT2D eigenvalue weighted by Crippen LogP contribution is -2.33. The zero-order valence-corrected chi connectivity index (χ0v) is 9.88. The Morgan fingerprint density at radius 1 is 1.47 bits per heavy atom. The van der Waals surface area contributed by atoms with Gasteiger partial charge in [0.1, 0.15) is 5.25 Å². The van der Waals surface area contributed by atoms with Gasteiger partial charge in [0.05, 0.1) is 0 Å². The monoisotopic (exact) mass is 260 g/mol. The smallest absolute Gasteiger partial charge is 0.241 e. The lowest BCUT2D eigenvalue weighted by atomic mass is 10.4. The van der Waals surface area contributed by atoms with Crippen LogP contribution in [0.4, 0.5) is 11.9 Å². The van der Waals surface area contributed by atoms with Crippen LogP contribution in [0.5, 0.6) is 0 Å². The van der Waals surface area contributed by atoms with Crippen molar-refractivity contribution in [3.8, 4) is 0 Å². The van der Waals surface area contributed by atoms with E-state index in [9.17, 15) is 13.2 Å². The van der Waals surface area contributed by atoms with Crippen LogP contribution >= 0.6 is 0 Å². The van der Waals surface area contributed by atoms with E-state index >= 15 is 0 Å². The number of aryl methyl sites for hydroxylation is 1. The zero-order valence-electron chi connectivity index (χ0n) is 9.07. The molecule has 1 atom stereocenters. The molecule has 9 nitrogen and oxygen atoms in total. The van der Waals surface area contributed by atoms with Crippen molar-refractivity contribution in [2.75, 3.05) is 17.2 Å². The normalized spacial score (nSPS) is 21.2. The number of aromatic nitrogens is 3. The Morgan fingerprint density at radius 2 is 2.12 bits per heavy atom. The molecule has 0 bridgehead atoms. The van der Waals surface area contributed by atoms with Crippen LogP contribution in [0.15, 0.2) is 0 Å². The molecule has 0 spiro atoms. The van der Waals surface area contributed by atoms with E-state index in [0.717, 1.165) is 0 Å². The van der Waals surface area contributed by atoms with Crippen molar-refractivity contribution in [3.05, 3.63) is 0 Å². The predicted molar refractivity (Wildman–Crippen MR) is 59.3 cm³/mol. The Bertz CT molecular complexity index is 564. The summed E-state index contributed by atoms with van der Waals surface area (Å²) < 4.78 is 23.7. The Hall–Kier alpha value is -1.68. The first-order chi connectivity index (χ1) is 7.79. The van der Waals surface area contributed by atoms with E-state index in [2.05, 4.69) is 10.1 Å². The summed E-state index contributed by atoms with van der Waals surface area (Å²) in [5.41, 5.74) is 5.39. The van der Waals surface area contributed by atoms with Crippen molar-refractivity contribution >= 4 is 27.8 Å². The highest BCUT2D eigenvalue weighted by molar-refractivity contribution is 7.89. The molecule has 1 aromatic heterocycles. The second kappa shape index (κ2) is 3.67. The first-order valence-electron chi connectivity index (χ1n) is 4.77. The van der Waals surface area contributed by atoms with E-state index < -0.39 is 15.3 Å². The van der Waals surface area contributed by atoms with E-state index in [-0.39, 0.29) is 30.8 Å². The highest BCUT2D eigenvalue weighted by Gasteiger charge is 2.39. The van der Waals surface area contributed by atoms with Crippen LogP contribution in [0.25, 0.3) is 0 Å². The van der Waals surface area contributed by atoms with Gasteiger partial charge >= 0.3 is 0 Å². The average Bonchev–Trinajstić information content (AvgIpc) is 2.68. The van der Waals surface area contributed by atoms with Crippen LogP contribution in [-0.4, -0.2) is 40.9 Å². The van der Waals surface area contributed by atoms with Gasteiger partial charge in [-0.25, -0.2) is 18.2 Å². The van der Waals surface area contributed by atoms with Crippen molar-refractivity contribution in [3.63, 3.8) is 0 Å². The molecule has 0 aliphatic carbocycles. The number of rotatable bonds is 2.